The van der Waals surface area contributed by atoms with Gasteiger partial charge in [0, 0.05) is 11.0 Å². The Morgan fingerprint density at radius 1 is 0.952 bits per heavy atom. The van der Waals surface area contributed by atoms with Crippen LogP contribution in [0.15, 0.2) is 5.11 Å². The van der Waals surface area contributed by atoms with Gasteiger partial charge in [-0.2, -0.15) is 0 Å². The summed E-state index contributed by atoms with van der Waals surface area (Å²) in [6.07, 6.45) is 8.60. The molecule has 0 heterocycles. The zero-order valence-corrected chi connectivity index (χ0v) is 13.5. The molecule has 0 N–H and O–H groups in total. The Labute approximate surface area is 127 Å². The molecular weight excluding hydrogens is 258 g/mol. The maximum Gasteiger partial charge on any atom is 0.0407 e. The number of azide groups is 1. The van der Waals surface area contributed by atoms with Crippen molar-refractivity contribution >= 4 is 0 Å². The molecule has 0 aromatic carbocycles. The van der Waals surface area contributed by atoms with Gasteiger partial charge >= 0.3 is 0 Å². The van der Waals surface area contributed by atoms with Crippen molar-refractivity contribution in [2.75, 3.05) is 0 Å². The zero-order chi connectivity index (χ0) is 14.6. The highest BCUT2D eigenvalue weighted by Crippen LogP contribution is 2.81. The highest BCUT2D eigenvalue weighted by molar-refractivity contribution is 5.24. The van der Waals surface area contributed by atoms with Crippen molar-refractivity contribution in [2.45, 2.75) is 65.3 Å². The largest absolute Gasteiger partial charge is 0.0903 e. The lowest BCUT2D eigenvalue weighted by molar-refractivity contribution is -0.300. The van der Waals surface area contributed by atoms with E-state index in [-0.39, 0.29) is 6.04 Å². The summed E-state index contributed by atoms with van der Waals surface area (Å²) in [7, 11) is 0. The van der Waals surface area contributed by atoms with Gasteiger partial charge in [0.1, 0.15) is 0 Å². The van der Waals surface area contributed by atoms with Crippen LogP contribution >= 0.6 is 0 Å². The van der Waals surface area contributed by atoms with Gasteiger partial charge in [-0.1, -0.05) is 25.9 Å². The zero-order valence-electron chi connectivity index (χ0n) is 13.5. The molecule has 0 saturated heterocycles. The molecule has 0 aromatic rings. The SMILES string of the molecule is CC(N=[N+]=[N-])C12CC3(C)CC4C5CC(C)(CC41)CC2C5C3. The molecule has 0 aliphatic heterocycles. The molecule has 7 aliphatic rings. The molecule has 5 atom stereocenters. The van der Waals surface area contributed by atoms with Crippen LogP contribution in [-0.4, -0.2) is 6.04 Å². The first kappa shape index (κ1) is 12.8. The summed E-state index contributed by atoms with van der Waals surface area (Å²) in [6, 6.07) is 0.200. The van der Waals surface area contributed by atoms with E-state index in [1.807, 2.05) is 0 Å². The van der Waals surface area contributed by atoms with Crippen molar-refractivity contribution in [1.29, 1.82) is 0 Å². The summed E-state index contributed by atoms with van der Waals surface area (Å²) in [5.41, 5.74) is 10.5. The van der Waals surface area contributed by atoms with Crippen molar-refractivity contribution in [2.24, 2.45) is 50.9 Å². The van der Waals surface area contributed by atoms with Gasteiger partial charge in [0.25, 0.3) is 0 Å². The van der Waals surface area contributed by atoms with Crippen molar-refractivity contribution in [3.8, 4) is 0 Å². The van der Waals surface area contributed by atoms with E-state index >= 15 is 0 Å². The van der Waals surface area contributed by atoms with E-state index in [0.29, 0.717) is 16.2 Å². The fraction of sp³-hybridized carbons (Fsp3) is 1.00. The summed E-state index contributed by atoms with van der Waals surface area (Å²) in [5.74, 6) is 4.61. The number of rotatable bonds is 2. The normalized spacial score (nSPS) is 63.7. The minimum absolute atomic E-state index is 0.200. The lowest BCUT2D eigenvalue weighted by Crippen LogP contribution is -2.73. The quantitative estimate of drug-likeness (QED) is 0.381. The molecule has 7 aliphatic carbocycles. The Morgan fingerprint density at radius 2 is 1.52 bits per heavy atom. The molecule has 0 aromatic heterocycles. The van der Waals surface area contributed by atoms with Gasteiger partial charge in [0.05, 0.1) is 0 Å². The molecule has 0 amide bonds. The minimum atomic E-state index is 0.200. The molecular formula is C18H27N3. The van der Waals surface area contributed by atoms with Gasteiger partial charge in [-0.3, -0.25) is 0 Å². The van der Waals surface area contributed by atoms with Gasteiger partial charge in [0.2, 0.25) is 0 Å². The van der Waals surface area contributed by atoms with E-state index in [2.05, 4.69) is 30.8 Å². The third-order valence-corrected chi connectivity index (χ3v) is 8.86. The monoisotopic (exact) mass is 285 g/mol. The van der Waals surface area contributed by atoms with Gasteiger partial charge in [-0.15, -0.1) is 0 Å². The Hall–Kier alpha value is -0.690. The molecule has 5 unspecified atom stereocenters. The van der Waals surface area contributed by atoms with Crippen LogP contribution in [0.2, 0.25) is 0 Å². The molecule has 114 valence electrons. The van der Waals surface area contributed by atoms with Crippen molar-refractivity contribution in [3.05, 3.63) is 10.4 Å². The van der Waals surface area contributed by atoms with Gasteiger partial charge < -0.3 is 0 Å². The fourth-order valence-corrected chi connectivity index (χ4v) is 8.76. The second kappa shape index (κ2) is 3.45. The average Bonchev–Trinajstić information content (AvgIpc) is 2.42. The highest BCUT2D eigenvalue weighted by atomic mass is 15.2. The van der Waals surface area contributed by atoms with Crippen molar-refractivity contribution < 1.29 is 0 Å². The van der Waals surface area contributed by atoms with E-state index in [1.54, 1.807) is 0 Å². The molecule has 8 bridgehead atoms. The molecule has 7 fully saturated rings. The summed E-state index contributed by atoms with van der Waals surface area (Å²) < 4.78 is 0. The summed E-state index contributed by atoms with van der Waals surface area (Å²) >= 11 is 0. The van der Waals surface area contributed by atoms with E-state index in [4.69, 9.17) is 5.53 Å². The Balaban J connectivity index is 1.70. The standard InChI is InChI=1S/C18H27N3/c1-10(20-21-19)18-9-17(3)5-12-11-4-16(2,7-14(12)18)8-15(18)13(11)6-17/h10-15H,4-9H2,1-3H3. The van der Waals surface area contributed by atoms with Gasteiger partial charge in [0.15, 0.2) is 0 Å². The lowest BCUT2D eigenvalue weighted by atomic mass is 9.26. The van der Waals surface area contributed by atoms with E-state index in [1.165, 1.54) is 38.5 Å². The van der Waals surface area contributed by atoms with E-state index in [0.717, 1.165) is 29.6 Å². The lowest BCUT2D eigenvalue weighted by Gasteiger charge is -2.79. The minimum Gasteiger partial charge on any atom is -0.0903 e. The fourth-order valence-electron chi connectivity index (χ4n) is 8.76. The Kier molecular flexibility index (Phi) is 2.11. The average molecular weight is 285 g/mol. The third kappa shape index (κ3) is 1.28. The van der Waals surface area contributed by atoms with E-state index in [9.17, 15) is 0 Å². The second-order valence-corrected chi connectivity index (χ2v) is 10.0. The first-order chi connectivity index (χ1) is 9.91. The Bertz CT molecular complexity index is 537. The van der Waals surface area contributed by atoms with Crippen LogP contribution in [0.4, 0.5) is 0 Å². The van der Waals surface area contributed by atoms with E-state index < -0.39 is 0 Å². The van der Waals surface area contributed by atoms with Crippen LogP contribution < -0.4 is 0 Å². The molecule has 0 radical (unpaired) electrons. The number of hydrogen-bond donors (Lipinski definition) is 0. The van der Waals surface area contributed by atoms with Crippen LogP contribution in [0.1, 0.15) is 59.3 Å². The molecule has 21 heavy (non-hydrogen) atoms. The topological polar surface area (TPSA) is 48.8 Å². The molecule has 7 rings (SSSR count). The highest BCUT2D eigenvalue weighted by Gasteiger charge is 2.74. The number of hydrogen-bond acceptors (Lipinski definition) is 1. The van der Waals surface area contributed by atoms with Crippen LogP contribution in [0.3, 0.4) is 0 Å². The van der Waals surface area contributed by atoms with Crippen LogP contribution in [0, 0.1) is 45.8 Å². The molecule has 7 saturated carbocycles. The summed E-state index contributed by atoms with van der Waals surface area (Å²) in [4.78, 5) is 3.22. The maximum absolute atomic E-state index is 9.04. The van der Waals surface area contributed by atoms with Crippen molar-refractivity contribution in [1.82, 2.24) is 0 Å². The van der Waals surface area contributed by atoms with Crippen molar-refractivity contribution in [3.63, 3.8) is 0 Å². The smallest absolute Gasteiger partial charge is 0.0407 e. The summed E-state index contributed by atoms with van der Waals surface area (Å²) in [5, 5.41) is 4.27. The Morgan fingerprint density at radius 3 is 2.10 bits per heavy atom. The third-order valence-electron chi connectivity index (χ3n) is 8.86. The molecule has 0 spiro atoms. The summed E-state index contributed by atoms with van der Waals surface area (Å²) in [6.45, 7) is 7.32. The first-order valence-corrected chi connectivity index (χ1v) is 8.95. The number of nitrogens with zero attached hydrogens (tertiary/aromatic N) is 3. The van der Waals surface area contributed by atoms with Crippen LogP contribution in [0.5, 0.6) is 0 Å². The maximum atomic E-state index is 9.04. The van der Waals surface area contributed by atoms with Crippen LogP contribution in [-0.2, 0) is 0 Å². The predicted molar refractivity (Wildman–Crippen MR) is 82.4 cm³/mol. The van der Waals surface area contributed by atoms with Gasteiger partial charge in [-0.25, -0.2) is 0 Å². The molecule has 3 nitrogen and oxygen atoms in total. The first-order valence-electron chi connectivity index (χ1n) is 8.95. The molecule has 3 heteroatoms. The van der Waals surface area contributed by atoms with Gasteiger partial charge in [-0.05, 0) is 89.9 Å². The predicted octanol–water partition coefficient (Wildman–Crippen LogP) is 5.17. The second-order valence-electron chi connectivity index (χ2n) is 10.0. The van der Waals surface area contributed by atoms with Crippen LogP contribution in [0.25, 0.3) is 10.4 Å².